The fourth-order valence-electron chi connectivity index (χ4n) is 2.35. The van der Waals surface area contributed by atoms with Crippen LogP contribution in [-0.2, 0) is 11.3 Å². The second-order valence-electron chi connectivity index (χ2n) is 4.95. The number of hydrogen-bond acceptors (Lipinski definition) is 3. The van der Waals surface area contributed by atoms with Crippen molar-refractivity contribution in [3.05, 3.63) is 33.8 Å². The fourth-order valence-corrected chi connectivity index (χ4v) is 2.82. The van der Waals surface area contributed by atoms with Crippen LogP contribution in [0.3, 0.4) is 0 Å². The van der Waals surface area contributed by atoms with Gasteiger partial charge in [0, 0.05) is 23.1 Å². The van der Waals surface area contributed by atoms with Gasteiger partial charge in [-0.3, -0.25) is 9.69 Å². The van der Waals surface area contributed by atoms with Gasteiger partial charge in [-0.25, -0.2) is 0 Å². The van der Waals surface area contributed by atoms with Crippen LogP contribution in [0, 0.1) is 0 Å². The lowest BCUT2D eigenvalue weighted by Crippen LogP contribution is -2.55. The van der Waals surface area contributed by atoms with Gasteiger partial charge in [-0.05, 0) is 37.1 Å². The van der Waals surface area contributed by atoms with Crippen LogP contribution in [0.2, 0.25) is 10.0 Å². The number of carbonyl (C=O) groups is 1. The maximum absolute atomic E-state index is 11.3. The molecule has 1 saturated heterocycles. The zero-order chi connectivity index (χ0) is 14.0. The average molecular weight is 303 g/mol. The first-order valence-electron chi connectivity index (χ1n) is 6.09. The normalized spacial score (nSPS) is 24.4. The molecule has 0 aromatic heterocycles. The Morgan fingerprint density at radius 3 is 2.84 bits per heavy atom. The van der Waals surface area contributed by atoms with E-state index in [-0.39, 0.29) is 6.54 Å². The first-order valence-corrected chi connectivity index (χ1v) is 6.85. The number of carbonyl (C=O) groups excluding carboxylic acids is 1. The zero-order valence-corrected chi connectivity index (χ0v) is 11.9. The van der Waals surface area contributed by atoms with Crippen LogP contribution in [-0.4, -0.2) is 34.6 Å². The first-order chi connectivity index (χ1) is 8.90. The van der Waals surface area contributed by atoms with Gasteiger partial charge in [0.1, 0.15) is 0 Å². The van der Waals surface area contributed by atoms with Gasteiger partial charge >= 0.3 is 0 Å². The lowest BCUT2D eigenvalue weighted by atomic mass is 9.92. The van der Waals surface area contributed by atoms with Crippen molar-refractivity contribution in [2.24, 2.45) is 5.73 Å². The molecule has 1 amide bonds. The lowest BCUT2D eigenvalue weighted by Gasteiger charge is -2.37. The van der Waals surface area contributed by atoms with Gasteiger partial charge in [-0.15, -0.1) is 0 Å². The summed E-state index contributed by atoms with van der Waals surface area (Å²) in [6.07, 6.45) is 1.14. The summed E-state index contributed by atoms with van der Waals surface area (Å²) in [5.74, 6) is -0.667. The van der Waals surface area contributed by atoms with Gasteiger partial charge in [0.2, 0.25) is 0 Å². The number of primary amides is 1. The summed E-state index contributed by atoms with van der Waals surface area (Å²) in [6.45, 7) is 1.60. The van der Waals surface area contributed by atoms with E-state index in [1.54, 1.807) is 12.1 Å². The number of nitrogens with zero attached hydrogens (tertiary/aromatic N) is 1. The maximum atomic E-state index is 11.3. The van der Waals surface area contributed by atoms with Crippen molar-refractivity contribution in [2.45, 2.75) is 25.0 Å². The van der Waals surface area contributed by atoms with Crippen molar-refractivity contribution < 1.29 is 9.90 Å². The topological polar surface area (TPSA) is 66.6 Å². The van der Waals surface area contributed by atoms with Crippen LogP contribution in [0.15, 0.2) is 18.2 Å². The fraction of sp³-hybridized carbons (Fsp3) is 0.462. The van der Waals surface area contributed by atoms with Crippen molar-refractivity contribution in [1.82, 2.24) is 4.90 Å². The third-order valence-electron chi connectivity index (χ3n) is 3.42. The minimum atomic E-state index is -1.43. The molecule has 4 nitrogen and oxygen atoms in total. The molecular formula is C13H16Cl2N2O2. The minimum Gasteiger partial charge on any atom is -0.379 e. The highest BCUT2D eigenvalue weighted by Gasteiger charge is 2.38. The molecule has 0 spiro atoms. The Hall–Kier alpha value is -0.810. The van der Waals surface area contributed by atoms with E-state index in [1.807, 2.05) is 11.0 Å². The lowest BCUT2D eigenvalue weighted by molar-refractivity contribution is -0.142. The number of nitrogens with two attached hydrogens (primary N) is 1. The molecule has 1 heterocycles. The predicted octanol–water partition coefficient (Wildman–Crippen LogP) is 1.81. The number of β-amino-alcohol motifs (C(OH)–C–C–N with tert-alkyl or cyclic N) is 1. The van der Waals surface area contributed by atoms with Crippen LogP contribution < -0.4 is 5.73 Å². The molecule has 3 N–H and O–H groups in total. The third-order valence-corrected chi connectivity index (χ3v) is 4.00. The number of piperidine rings is 1. The standard InChI is InChI=1S/C13H16Cl2N2O2/c14-10-3-2-9(11(15)6-10)7-17-5-1-4-13(19,8-17)12(16)18/h2-3,6,19H,1,4-5,7-8H2,(H2,16,18)/t13-/m0/s1. The number of rotatable bonds is 3. The van der Waals surface area contributed by atoms with Gasteiger partial charge in [0.05, 0.1) is 0 Å². The van der Waals surface area contributed by atoms with E-state index >= 15 is 0 Å². The SMILES string of the molecule is NC(=O)[C@]1(O)CCCN(Cc2ccc(Cl)cc2Cl)C1. The van der Waals surface area contributed by atoms with E-state index in [4.69, 9.17) is 28.9 Å². The Bertz CT molecular complexity index is 496. The molecule has 0 aliphatic carbocycles. The molecule has 1 aliphatic heterocycles. The summed E-state index contributed by atoms with van der Waals surface area (Å²) >= 11 is 12.0. The minimum absolute atomic E-state index is 0.237. The molecule has 0 saturated carbocycles. The smallest absolute Gasteiger partial charge is 0.250 e. The Morgan fingerprint density at radius 2 is 2.21 bits per heavy atom. The van der Waals surface area contributed by atoms with Crippen molar-refractivity contribution in [2.75, 3.05) is 13.1 Å². The van der Waals surface area contributed by atoms with Crippen molar-refractivity contribution in [3.63, 3.8) is 0 Å². The Kier molecular flexibility index (Phi) is 4.36. The second kappa shape index (κ2) is 5.67. The molecule has 2 rings (SSSR count). The Labute approximate surface area is 122 Å². The van der Waals surface area contributed by atoms with Crippen LogP contribution in [0.4, 0.5) is 0 Å². The van der Waals surface area contributed by atoms with Crippen LogP contribution in [0.5, 0.6) is 0 Å². The molecule has 6 heteroatoms. The van der Waals surface area contributed by atoms with E-state index in [2.05, 4.69) is 0 Å². The average Bonchev–Trinajstić information content (AvgIpc) is 2.33. The summed E-state index contributed by atoms with van der Waals surface area (Å²) in [5, 5.41) is 11.3. The summed E-state index contributed by atoms with van der Waals surface area (Å²) in [7, 11) is 0. The summed E-state index contributed by atoms with van der Waals surface area (Å²) < 4.78 is 0. The highest BCUT2D eigenvalue weighted by Crippen LogP contribution is 2.26. The molecule has 104 valence electrons. The van der Waals surface area contributed by atoms with E-state index < -0.39 is 11.5 Å². The number of halogens is 2. The Balaban J connectivity index is 2.09. The summed E-state index contributed by atoms with van der Waals surface area (Å²) in [4.78, 5) is 13.3. The number of amides is 1. The highest BCUT2D eigenvalue weighted by atomic mass is 35.5. The molecule has 1 atom stereocenters. The molecule has 0 bridgehead atoms. The van der Waals surface area contributed by atoms with Crippen LogP contribution >= 0.6 is 23.2 Å². The third kappa shape index (κ3) is 3.39. The van der Waals surface area contributed by atoms with E-state index in [0.29, 0.717) is 23.0 Å². The number of likely N-dealkylation sites (tertiary alicyclic amines) is 1. The zero-order valence-electron chi connectivity index (χ0n) is 10.4. The molecule has 19 heavy (non-hydrogen) atoms. The molecular weight excluding hydrogens is 287 g/mol. The largest absolute Gasteiger partial charge is 0.379 e. The van der Waals surface area contributed by atoms with E-state index in [0.717, 1.165) is 18.5 Å². The number of aliphatic hydroxyl groups is 1. The van der Waals surface area contributed by atoms with Crippen molar-refractivity contribution in [3.8, 4) is 0 Å². The monoisotopic (exact) mass is 302 g/mol. The highest BCUT2D eigenvalue weighted by molar-refractivity contribution is 6.35. The maximum Gasteiger partial charge on any atom is 0.250 e. The Morgan fingerprint density at radius 1 is 1.47 bits per heavy atom. The van der Waals surface area contributed by atoms with Gasteiger partial charge in [0.15, 0.2) is 5.60 Å². The van der Waals surface area contributed by atoms with Gasteiger partial charge in [0.25, 0.3) is 5.91 Å². The first kappa shape index (κ1) is 14.6. The van der Waals surface area contributed by atoms with Crippen LogP contribution in [0.25, 0.3) is 0 Å². The molecule has 1 fully saturated rings. The van der Waals surface area contributed by atoms with Gasteiger partial charge in [-0.2, -0.15) is 0 Å². The van der Waals surface area contributed by atoms with Crippen molar-refractivity contribution in [1.29, 1.82) is 0 Å². The molecule has 1 aromatic rings. The second-order valence-corrected chi connectivity index (χ2v) is 5.79. The van der Waals surface area contributed by atoms with Gasteiger partial charge in [-0.1, -0.05) is 29.3 Å². The summed E-state index contributed by atoms with van der Waals surface area (Å²) in [5.41, 5.74) is 4.73. The van der Waals surface area contributed by atoms with Crippen LogP contribution in [0.1, 0.15) is 18.4 Å². The van der Waals surface area contributed by atoms with Crippen molar-refractivity contribution >= 4 is 29.1 Å². The summed E-state index contributed by atoms with van der Waals surface area (Å²) in [6, 6.07) is 5.30. The molecule has 0 radical (unpaired) electrons. The molecule has 1 aromatic carbocycles. The quantitative estimate of drug-likeness (QED) is 0.895. The molecule has 0 unspecified atom stereocenters. The number of benzene rings is 1. The molecule has 1 aliphatic rings. The van der Waals surface area contributed by atoms with E-state index in [9.17, 15) is 9.90 Å². The van der Waals surface area contributed by atoms with E-state index in [1.165, 1.54) is 0 Å². The van der Waals surface area contributed by atoms with Gasteiger partial charge < -0.3 is 10.8 Å². The predicted molar refractivity (Wildman–Crippen MR) is 75.1 cm³/mol. The number of hydrogen-bond donors (Lipinski definition) is 2.